The van der Waals surface area contributed by atoms with Gasteiger partial charge in [0.05, 0.1) is 5.56 Å². The van der Waals surface area contributed by atoms with Crippen molar-refractivity contribution >= 4 is 17.4 Å². The summed E-state index contributed by atoms with van der Waals surface area (Å²) in [5.41, 5.74) is 2.36. The highest BCUT2D eigenvalue weighted by Crippen LogP contribution is 2.29. The molecule has 92 valence electrons. The van der Waals surface area contributed by atoms with Crippen molar-refractivity contribution in [3.8, 4) is 17.5 Å². The molecule has 0 aliphatic carbocycles. The lowest BCUT2D eigenvalue weighted by Gasteiger charge is -2.05. The lowest BCUT2D eigenvalue weighted by molar-refractivity contribution is 1.10. The van der Waals surface area contributed by atoms with Crippen LogP contribution in [0.1, 0.15) is 5.56 Å². The molecule has 3 aromatic rings. The molecule has 0 unspecified atom stereocenters. The largest absolute Gasteiger partial charge is 0.281 e. The minimum Gasteiger partial charge on any atom is -0.281 e. The molecular formula is C14H10N4S. The molecule has 0 bridgehead atoms. The van der Waals surface area contributed by atoms with Crippen molar-refractivity contribution in [3.05, 3.63) is 48.2 Å². The Kier molecular flexibility index (Phi) is 2.94. The van der Waals surface area contributed by atoms with Crippen LogP contribution in [0.5, 0.6) is 0 Å². The predicted octanol–water partition coefficient (Wildman–Crippen LogP) is 2.99. The van der Waals surface area contributed by atoms with Crippen molar-refractivity contribution in [2.45, 2.75) is 4.90 Å². The zero-order chi connectivity index (χ0) is 13.2. The molecule has 0 aliphatic rings. The maximum Gasteiger partial charge on any atom is 0.169 e. The SMILES string of the molecule is CSc1ccccc1-c1nnc2ccc(C#N)cn12. The molecule has 1 aromatic carbocycles. The Hall–Kier alpha value is -2.32. The standard InChI is InChI=1S/C14H10N4S/c1-19-12-5-3-2-4-11(12)14-17-16-13-7-6-10(8-15)9-18(13)14/h2-7,9H,1H3. The second kappa shape index (κ2) is 4.75. The first-order chi connectivity index (χ1) is 9.33. The number of benzene rings is 1. The first-order valence-electron chi connectivity index (χ1n) is 5.72. The molecule has 2 aromatic heterocycles. The zero-order valence-electron chi connectivity index (χ0n) is 10.2. The number of thioether (sulfide) groups is 1. The molecule has 3 rings (SSSR count). The summed E-state index contributed by atoms with van der Waals surface area (Å²) >= 11 is 1.67. The molecule has 0 aliphatic heterocycles. The van der Waals surface area contributed by atoms with Crippen molar-refractivity contribution in [3.63, 3.8) is 0 Å². The third-order valence-corrected chi connectivity index (χ3v) is 3.68. The molecule has 0 N–H and O–H groups in total. The van der Waals surface area contributed by atoms with Gasteiger partial charge in [-0.25, -0.2) is 0 Å². The highest BCUT2D eigenvalue weighted by atomic mass is 32.2. The van der Waals surface area contributed by atoms with E-state index in [0.29, 0.717) is 5.56 Å². The first-order valence-corrected chi connectivity index (χ1v) is 6.94. The minimum absolute atomic E-state index is 0.593. The molecule has 19 heavy (non-hydrogen) atoms. The topological polar surface area (TPSA) is 54.0 Å². The van der Waals surface area contributed by atoms with Crippen LogP contribution in [0.4, 0.5) is 0 Å². The monoisotopic (exact) mass is 266 g/mol. The molecule has 0 amide bonds. The quantitative estimate of drug-likeness (QED) is 0.669. The number of nitrogens with zero attached hydrogens (tertiary/aromatic N) is 4. The van der Waals surface area contributed by atoms with Gasteiger partial charge in [0.15, 0.2) is 11.5 Å². The normalized spacial score (nSPS) is 10.5. The number of hydrogen-bond donors (Lipinski definition) is 0. The second-order valence-electron chi connectivity index (χ2n) is 3.98. The summed E-state index contributed by atoms with van der Waals surface area (Å²) in [6.45, 7) is 0. The summed E-state index contributed by atoms with van der Waals surface area (Å²) in [7, 11) is 0. The van der Waals surface area contributed by atoms with Crippen molar-refractivity contribution in [2.24, 2.45) is 0 Å². The van der Waals surface area contributed by atoms with E-state index >= 15 is 0 Å². The van der Waals surface area contributed by atoms with Crippen LogP contribution in [0.15, 0.2) is 47.5 Å². The number of fused-ring (bicyclic) bond motifs is 1. The van der Waals surface area contributed by atoms with Crippen molar-refractivity contribution in [2.75, 3.05) is 6.26 Å². The lowest BCUT2D eigenvalue weighted by Crippen LogP contribution is -1.92. The fourth-order valence-electron chi connectivity index (χ4n) is 1.97. The molecule has 2 heterocycles. The molecule has 0 radical (unpaired) electrons. The predicted molar refractivity (Wildman–Crippen MR) is 74.9 cm³/mol. The van der Waals surface area contributed by atoms with Crippen LogP contribution in [0, 0.1) is 11.3 Å². The fraction of sp³-hybridized carbons (Fsp3) is 0.0714. The van der Waals surface area contributed by atoms with Gasteiger partial charge >= 0.3 is 0 Å². The number of aromatic nitrogens is 3. The molecule has 0 saturated heterocycles. The van der Waals surface area contributed by atoms with Crippen LogP contribution < -0.4 is 0 Å². The summed E-state index contributed by atoms with van der Waals surface area (Å²) < 4.78 is 1.85. The van der Waals surface area contributed by atoms with E-state index in [-0.39, 0.29) is 0 Å². The summed E-state index contributed by atoms with van der Waals surface area (Å²) in [5.74, 6) is 0.761. The lowest BCUT2D eigenvalue weighted by atomic mass is 10.2. The van der Waals surface area contributed by atoms with E-state index in [1.54, 1.807) is 30.1 Å². The highest BCUT2D eigenvalue weighted by Gasteiger charge is 2.11. The average Bonchev–Trinajstić information content (AvgIpc) is 2.89. The number of nitriles is 1. The van der Waals surface area contributed by atoms with Gasteiger partial charge in [0.1, 0.15) is 6.07 Å². The molecular weight excluding hydrogens is 256 g/mol. The fourth-order valence-corrected chi connectivity index (χ4v) is 2.56. The van der Waals surface area contributed by atoms with Gasteiger partial charge in [0, 0.05) is 16.7 Å². The van der Waals surface area contributed by atoms with Crippen LogP contribution in [0.25, 0.3) is 17.0 Å². The Morgan fingerprint density at radius 2 is 2.00 bits per heavy atom. The van der Waals surface area contributed by atoms with Crippen molar-refractivity contribution in [1.82, 2.24) is 14.6 Å². The van der Waals surface area contributed by atoms with Gasteiger partial charge < -0.3 is 0 Å². The van der Waals surface area contributed by atoms with Crippen LogP contribution in [-0.4, -0.2) is 20.9 Å². The Labute approximate surface area is 114 Å². The minimum atomic E-state index is 0.593. The Morgan fingerprint density at radius 3 is 2.79 bits per heavy atom. The average molecular weight is 266 g/mol. The summed E-state index contributed by atoms with van der Waals surface area (Å²) in [4.78, 5) is 1.14. The number of hydrogen-bond acceptors (Lipinski definition) is 4. The zero-order valence-corrected chi connectivity index (χ0v) is 11.1. The van der Waals surface area contributed by atoms with Crippen LogP contribution in [-0.2, 0) is 0 Å². The maximum atomic E-state index is 8.99. The Balaban J connectivity index is 2.28. The van der Waals surface area contributed by atoms with E-state index in [0.717, 1.165) is 21.9 Å². The van der Waals surface area contributed by atoms with Crippen LogP contribution in [0.3, 0.4) is 0 Å². The molecule has 0 saturated carbocycles. The number of pyridine rings is 1. The van der Waals surface area contributed by atoms with Crippen LogP contribution >= 0.6 is 11.8 Å². The van der Waals surface area contributed by atoms with E-state index in [2.05, 4.69) is 22.3 Å². The van der Waals surface area contributed by atoms with Gasteiger partial charge in [-0.05, 0) is 24.5 Å². The highest BCUT2D eigenvalue weighted by molar-refractivity contribution is 7.98. The molecule has 0 fully saturated rings. The van der Waals surface area contributed by atoms with Gasteiger partial charge in [-0.15, -0.1) is 22.0 Å². The van der Waals surface area contributed by atoms with Gasteiger partial charge in [0.2, 0.25) is 0 Å². The molecule has 4 nitrogen and oxygen atoms in total. The smallest absolute Gasteiger partial charge is 0.169 e. The van der Waals surface area contributed by atoms with E-state index in [1.807, 2.05) is 28.9 Å². The number of rotatable bonds is 2. The summed E-state index contributed by atoms with van der Waals surface area (Å²) in [6.07, 6.45) is 3.80. The molecule has 5 heteroatoms. The third kappa shape index (κ3) is 1.96. The summed E-state index contributed by atoms with van der Waals surface area (Å²) in [6, 6.07) is 13.7. The second-order valence-corrected chi connectivity index (χ2v) is 4.83. The third-order valence-electron chi connectivity index (χ3n) is 2.88. The Morgan fingerprint density at radius 1 is 1.16 bits per heavy atom. The van der Waals surface area contributed by atoms with Gasteiger partial charge in [-0.3, -0.25) is 4.40 Å². The van der Waals surface area contributed by atoms with Crippen LogP contribution in [0.2, 0.25) is 0 Å². The molecule has 0 atom stereocenters. The van der Waals surface area contributed by atoms with E-state index in [9.17, 15) is 0 Å². The first kappa shape index (κ1) is 11.8. The Bertz CT molecular complexity index is 785. The van der Waals surface area contributed by atoms with Gasteiger partial charge in [0.25, 0.3) is 0 Å². The van der Waals surface area contributed by atoms with E-state index < -0.39 is 0 Å². The van der Waals surface area contributed by atoms with Crippen molar-refractivity contribution in [1.29, 1.82) is 5.26 Å². The van der Waals surface area contributed by atoms with Gasteiger partial charge in [-0.1, -0.05) is 18.2 Å². The maximum absolute atomic E-state index is 8.99. The van der Waals surface area contributed by atoms with Crippen molar-refractivity contribution < 1.29 is 0 Å². The van der Waals surface area contributed by atoms with E-state index in [4.69, 9.17) is 5.26 Å². The van der Waals surface area contributed by atoms with Gasteiger partial charge in [-0.2, -0.15) is 5.26 Å². The molecule has 0 spiro atoms. The summed E-state index contributed by atoms with van der Waals surface area (Å²) in [5, 5.41) is 17.4. The van der Waals surface area contributed by atoms with E-state index in [1.165, 1.54) is 0 Å².